The van der Waals surface area contributed by atoms with Crippen molar-refractivity contribution in [2.24, 2.45) is 0 Å². The summed E-state index contributed by atoms with van der Waals surface area (Å²) in [5, 5.41) is 5.80. The zero-order valence-corrected chi connectivity index (χ0v) is 27.2. The highest BCUT2D eigenvalue weighted by Crippen LogP contribution is 2.19. The Morgan fingerprint density at radius 1 is 0.870 bits per heavy atom. The highest BCUT2D eigenvalue weighted by atomic mass is 16.6. The van der Waals surface area contributed by atoms with Crippen molar-refractivity contribution in [1.82, 2.24) is 25.1 Å². The smallest absolute Gasteiger partial charge is 0.409 e. The summed E-state index contributed by atoms with van der Waals surface area (Å²) in [6.07, 6.45) is -0.492. The van der Waals surface area contributed by atoms with Crippen LogP contribution in [0.2, 0.25) is 0 Å². The fourth-order valence-electron chi connectivity index (χ4n) is 4.59. The van der Waals surface area contributed by atoms with E-state index in [4.69, 9.17) is 14.2 Å². The Morgan fingerprint density at radius 3 is 2.15 bits per heavy atom. The van der Waals surface area contributed by atoms with Crippen LogP contribution in [0.4, 0.5) is 10.6 Å². The van der Waals surface area contributed by atoms with Crippen LogP contribution < -0.4 is 10.6 Å². The van der Waals surface area contributed by atoms with E-state index < -0.39 is 35.5 Å². The van der Waals surface area contributed by atoms with Gasteiger partial charge >= 0.3 is 18.0 Å². The van der Waals surface area contributed by atoms with Crippen molar-refractivity contribution in [2.75, 3.05) is 51.3 Å². The van der Waals surface area contributed by atoms with E-state index in [1.807, 2.05) is 18.2 Å². The predicted molar refractivity (Wildman–Crippen MR) is 169 cm³/mol. The fourth-order valence-corrected chi connectivity index (χ4v) is 4.59. The van der Waals surface area contributed by atoms with Gasteiger partial charge in [0, 0.05) is 50.8 Å². The molecule has 250 valence electrons. The molecule has 46 heavy (non-hydrogen) atoms. The van der Waals surface area contributed by atoms with Gasteiger partial charge in [0.05, 0.1) is 19.6 Å². The molecule has 2 N–H and O–H groups in total. The van der Waals surface area contributed by atoms with Crippen molar-refractivity contribution < 1.29 is 38.2 Å². The molecule has 3 rings (SSSR count). The summed E-state index contributed by atoms with van der Waals surface area (Å²) >= 11 is 0. The summed E-state index contributed by atoms with van der Waals surface area (Å²) in [5.41, 5.74) is -0.0772. The van der Waals surface area contributed by atoms with Crippen LogP contribution in [0.25, 0.3) is 11.4 Å². The number of amides is 3. The Bertz CT molecular complexity index is 1360. The van der Waals surface area contributed by atoms with Crippen molar-refractivity contribution in [3.05, 3.63) is 42.1 Å². The number of piperazine rings is 1. The second-order valence-corrected chi connectivity index (χ2v) is 11.5. The van der Waals surface area contributed by atoms with Crippen LogP contribution in [0, 0.1) is 0 Å². The summed E-state index contributed by atoms with van der Waals surface area (Å²) in [6.45, 7) is 10.4. The zero-order chi connectivity index (χ0) is 33.7. The largest absolute Gasteiger partial charge is 0.466 e. The molecule has 0 radical (unpaired) electrons. The molecule has 3 amide bonds. The van der Waals surface area contributed by atoms with Crippen LogP contribution in [-0.2, 0) is 28.6 Å². The van der Waals surface area contributed by atoms with E-state index >= 15 is 0 Å². The number of aromatic nitrogens is 2. The van der Waals surface area contributed by atoms with Crippen molar-refractivity contribution in [3.8, 4) is 11.4 Å². The lowest BCUT2D eigenvalue weighted by molar-refractivity contribution is -0.155. The highest BCUT2D eigenvalue weighted by molar-refractivity contribution is 5.97. The summed E-state index contributed by atoms with van der Waals surface area (Å²) in [6, 6.07) is 9.40. The minimum Gasteiger partial charge on any atom is -0.466 e. The molecular weight excluding hydrogens is 596 g/mol. The maximum absolute atomic E-state index is 13.7. The summed E-state index contributed by atoms with van der Waals surface area (Å²) in [4.78, 5) is 75.9. The van der Waals surface area contributed by atoms with Gasteiger partial charge in [0.2, 0.25) is 5.91 Å². The number of nitrogens with zero attached hydrogens (tertiary/aromatic N) is 4. The second-order valence-electron chi connectivity index (χ2n) is 11.5. The van der Waals surface area contributed by atoms with Gasteiger partial charge in [-0.05, 0) is 41.0 Å². The molecule has 1 saturated heterocycles. The Hall–Kier alpha value is -4.75. The monoisotopic (exact) mass is 640 g/mol. The number of benzene rings is 1. The number of rotatable bonds is 13. The lowest BCUT2D eigenvalue weighted by Crippen LogP contribution is -2.56. The molecule has 0 bridgehead atoms. The number of esters is 2. The summed E-state index contributed by atoms with van der Waals surface area (Å²) in [7, 11) is 0. The minimum atomic E-state index is -1.08. The molecule has 14 heteroatoms. The molecule has 1 atom stereocenters. The summed E-state index contributed by atoms with van der Waals surface area (Å²) in [5.74, 6) is -1.37. The van der Waals surface area contributed by atoms with Crippen LogP contribution >= 0.6 is 0 Å². The molecule has 2 aromatic rings. The third-order valence-electron chi connectivity index (χ3n) is 6.71. The Balaban J connectivity index is 1.82. The van der Waals surface area contributed by atoms with Crippen LogP contribution in [0.5, 0.6) is 0 Å². The predicted octanol–water partition coefficient (Wildman–Crippen LogP) is 3.03. The van der Waals surface area contributed by atoms with E-state index in [2.05, 4.69) is 20.6 Å². The first-order valence-electron chi connectivity index (χ1n) is 15.5. The minimum absolute atomic E-state index is 0.0150. The Morgan fingerprint density at radius 2 is 1.52 bits per heavy atom. The summed E-state index contributed by atoms with van der Waals surface area (Å²) < 4.78 is 15.5. The van der Waals surface area contributed by atoms with Gasteiger partial charge < -0.3 is 34.6 Å². The van der Waals surface area contributed by atoms with Crippen molar-refractivity contribution >= 4 is 35.7 Å². The van der Waals surface area contributed by atoms with Crippen LogP contribution in [0.3, 0.4) is 0 Å². The first kappa shape index (κ1) is 35.7. The van der Waals surface area contributed by atoms with Crippen molar-refractivity contribution in [3.63, 3.8) is 0 Å². The van der Waals surface area contributed by atoms with E-state index in [1.165, 1.54) is 11.0 Å². The van der Waals surface area contributed by atoms with Gasteiger partial charge in [0.25, 0.3) is 5.91 Å². The van der Waals surface area contributed by atoms with Crippen molar-refractivity contribution in [2.45, 2.75) is 65.5 Å². The first-order chi connectivity index (χ1) is 21.9. The molecule has 0 spiro atoms. The second kappa shape index (κ2) is 17.1. The first-order valence-corrected chi connectivity index (χ1v) is 15.5. The van der Waals surface area contributed by atoms with E-state index in [1.54, 1.807) is 51.7 Å². The third kappa shape index (κ3) is 11.3. The van der Waals surface area contributed by atoms with Gasteiger partial charge in [-0.3, -0.25) is 19.2 Å². The maximum atomic E-state index is 13.7. The van der Waals surface area contributed by atoms with Crippen LogP contribution in [-0.4, -0.2) is 107 Å². The van der Waals surface area contributed by atoms with E-state index in [0.29, 0.717) is 11.4 Å². The Kier molecular flexibility index (Phi) is 13.3. The van der Waals surface area contributed by atoms with Crippen molar-refractivity contribution in [1.29, 1.82) is 0 Å². The molecule has 0 unspecified atom stereocenters. The molecular formula is C32H44N6O8. The molecule has 1 aromatic heterocycles. The average molecular weight is 641 g/mol. The van der Waals surface area contributed by atoms with E-state index in [-0.39, 0.29) is 82.7 Å². The van der Waals surface area contributed by atoms with Gasteiger partial charge in [-0.2, -0.15) is 0 Å². The van der Waals surface area contributed by atoms with Gasteiger partial charge in [0.15, 0.2) is 5.82 Å². The zero-order valence-electron chi connectivity index (χ0n) is 27.2. The van der Waals surface area contributed by atoms with Crippen LogP contribution in [0.1, 0.15) is 64.4 Å². The van der Waals surface area contributed by atoms with Gasteiger partial charge in [0.1, 0.15) is 23.2 Å². The number of anilines is 1. The van der Waals surface area contributed by atoms with Gasteiger partial charge in [-0.25, -0.2) is 14.8 Å². The highest BCUT2D eigenvalue weighted by Gasteiger charge is 2.32. The molecule has 0 saturated carbocycles. The number of carbonyl (C=O) groups is 5. The number of ether oxygens (including phenoxy) is 3. The number of hydrogen-bond acceptors (Lipinski definition) is 11. The van der Waals surface area contributed by atoms with Crippen LogP contribution in [0.15, 0.2) is 36.4 Å². The average Bonchev–Trinajstić information content (AvgIpc) is 3.02. The molecule has 0 aliphatic carbocycles. The lowest BCUT2D eigenvalue weighted by atomic mass is 10.1. The SMILES string of the molecule is CCOC(=O)CCNc1cc(C(=O)N[C@@H](CCC(=O)OC(C)(C)C)C(=O)N2CCN(C(=O)OCC)CC2)nc(-c2ccccc2)n1. The number of hydrogen-bond donors (Lipinski definition) is 2. The third-order valence-corrected chi connectivity index (χ3v) is 6.71. The lowest BCUT2D eigenvalue weighted by Gasteiger charge is -2.36. The van der Waals surface area contributed by atoms with E-state index in [0.717, 1.165) is 0 Å². The van der Waals surface area contributed by atoms with E-state index in [9.17, 15) is 24.0 Å². The fraction of sp³-hybridized carbons (Fsp3) is 0.531. The molecule has 1 aliphatic rings. The quantitative estimate of drug-likeness (QED) is 0.244. The normalized spacial score (nSPS) is 13.8. The molecule has 14 nitrogen and oxygen atoms in total. The Labute approximate surface area is 269 Å². The van der Waals surface area contributed by atoms with Gasteiger partial charge in [-0.15, -0.1) is 0 Å². The van der Waals surface area contributed by atoms with Gasteiger partial charge in [-0.1, -0.05) is 30.3 Å². The molecule has 2 heterocycles. The maximum Gasteiger partial charge on any atom is 0.409 e. The molecule has 1 aliphatic heterocycles. The number of nitrogens with one attached hydrogen (secondary N) is 2. The topological polar surface area (TPSA) is 169 Å². The molecule has 1 aromatic carbocycles. The molecule has 1 fully saturated rings. The standard InChI is InChI=1S/C32H44N6O8/c1-6-44-26(39)15-16-33-25-21-24(34-28(36-25)22-11-9-8-10-12-22)29(41)35-23(13-14-27(40)46-32(3,4)5)30(42)37-17-19-38(20-18-37)31(43)45-7-2/h8-12,21,23H,6-7,13-20H2,1-5H3,(H,35,41)(H,33,34,36)/t23-/m0/s1. The number of carbonyl (C=O) groups excluding carboxylic acids is 5.